The van der Waals surface area contributed by atoms with E-state index in [9.17, 15) is 4.79 Å². The van der Waals surface area contributed by atoms with Gasteiger partial charge < -0.3 is 4.90 Å². The number of hydrogen-bond donors (Lipinski definition) is 0. The molecule has 3 heterocycles. The number of likely N-dealkylation sites (tertiary alicyclic amines) is 1. The van der Waals surface area contributed by atoms with Crippen molar-refractivity contribution in [2.45, 2.75) is 39.0 Å². The van der Waals surface area contributed by atoms with Gasteiger partial charge in [0.25, 0.3) is 0 Å². The highest BCUT2D eigenvalue weighted by Gasteiger charge is 2.29. The van der Waals surface area contributed by atoms with Crippen LogP contribution in [0.2, 0.25) is 0 Å². The first-order valence-corrected chi connectivity index (χ1v) is 7.85. The van der Waals surface area contributed by atoms with Gasteiger partial charge in [-0.15, -0.1) is 0 Å². The third-order valence-electron chi connectivity index (χ3n) is 4.34. The second-order valence-corrected chi connectivity index (χ2v) is 5.78. The molecule has 2 amide bonds. The maximum Gasteiger partial charge on any atom is 0.345 e. The van der Waals surface area contributed by atoms with Crippen molar-refractivity contribution in [2.75, 3.05) is 18.1 Å². The van der Waals surface area contributed by atoms with Gasteiger partial charge in [-0.2, -0.15) is 10.1 Å². The van der Waals surface area contributed by atoms with Crippen molar-refractivity contribution in [1.82, 2.24) is 9.88 Å². The number of piperidine rings is 1. The van der Waals surface area contributed by atoms with Crippen LogP contribution >= 0.6 is 0 Å². The van der Waals surface area contributed by atoms with E-state index in [1.807, 2.05) is 17.0 Å². The molecule has 0 atom stereocenters. The Morgan fingerprint density at radius 1 is 1.38 bits per heavy atom. The minimum atomic E-state index is -0.0184. The van der Waals surface area contributed by atoms with Crippen molar-refractivity contribution in [1.29, 1.82) is 0 Å². The highest BCUT2D eigenvalue weighted by atomic mass is 16.2. The number of rotatable bonds is 2. The van der Waals surface area contributed by atoms with Crippen molar-refractivity contribution in [3.05, 3.63) is 24.0 Å². The third-order valence-corrected chi connectivity index (χ3v) is 4.34. The van der Waals surface area contributed by atoms with Gasteiger partial charge in [0, 0.05) is 31.9 Å². The molecule has 1 aromatic rings. The minimum absolute atomic E-state index is 0.0184. The van der Waals surface area contributed by atoms with Gasteiger partial charge >= 0.3 is 6.03 Å². The molecule has 0 aliphatic carbocycles. The van der Waals surface area contributed by atoms with Crippen molar-refractivity contribution in [3.8, 4) is 0 Å². The maximum absolute atomic E-state index is 12.7. The summed E-state index contributed by atoms with van der Waals surface area (Å²) in [5.74, 6) is 0.776. The number of pyridine rings is 1. The Kier molecular flexibility index (Phi) is 4.18. The van der Waals surface area contributed by atoms with Gasteiger partial charge in [-0.1, -0.05) is 19.8 Å². The Bertz CT molecular complexity index is 535. The lowest BCUT2D eigenvalue weighted by molar-refractivity contribution is 0.173. The zero-order chi connectivity index (χ0) is 14.7. The first-order valence-electron chi connectivity index (χ1n) is 7.85. The summed E-state index contributed by atoms with van der Waals surface area (Å²) in [5.41, 5.74) is 1.74. The van der Waals surface area contributed by atoms with Crippen LogP contribution in [0.4, 0.5) is 10.5 Å². The van der Waals surface area contributed by atoms with E-state index in [-0.39, 0.29) is 6.03 Å². The third kappa shape index (κ3) is 2.91. The van der Waals surface area contributed by atoms with Crippen LogP contribution in [0.15, 0.2) is 23.4 Å². The van der Waals surface area contributed by atoms with E-state index in [0.717, 1.165) is 43.2 Å². The van der Waals surface area contributed by atoms with Crippen LogP contribution in [-0.2, 0) is 6.42 Å². The number of carbonyl (C=O) groups excluding carboxylic acids is 1. The number of hydrazone groups is 1. The Balaban J connectivity index is 1.69. The normalized spacial score (nSPS) is 18.7. The second kappa shape index (κ2) is 6.24. The summed E-state index contributed by atoms with van der Waals surface area (Å²) in [5, 5.41) is 5.78. The predicted molar refractivity (Wildman–Crippen MR) is 83.5 cm³/mol. The average Bonchev–Trinajstić information content (AvgIpc) is 2.55. The Morgan fingerprint density at radius 2 is 2.19 bits per heavy atom. The standard InChI is InChI=1S/C16H22N4O/c1-2-4-13-7-11-19(12-8-13)16(21)20-15-5-3-9-17-14(15)6-10-18-20/h3,5,9-10,13H,2,4,6-8,11-12H2,1H3. The number of nitrogens with zero attached hydrogens (tertiary/aromatic N) is 4. The van der Waals surface area contributed by atoms with Gasteiger partial charge in [-0.25, -0.2) is 4.79 Å². The first-order chi connectivity index (χ1) is 10.3. The fourth-order valence-electron chi connectivity index (χ4n) is 3.16. The van der Waals surface area contributed by atoms with Crippen molar-refractivity contribution < 1.29 is 4.79 Å². The quantitative estimate of drug-likeness (QED) is 0.839. The minimum Gasteiger partial charge on any atom is -0.323 e. The van der Waals surface area contributed by atoms with Crippen LogP contribution < -0.4 is 5.01 Å². The molecule has 0 radical (unpaired) electrons. The predicted octanol–water partition coefficient (Wildman–Crippen LogP) is 3.06. The van der Waals surface area contributed by atoms with E-state index < -0.39 is 0 Å². The van der Waals surface area contributed by atoms with Crippen LogP contribution in [-0.4, -0.2) is 35.2 Å². The molecule has 5 heteroatoms. The molecule has 0 saturated carbocycles. The van der Waals surface area contributed by atoms with Crippen LogP contribution in [0.1, 0.15) is 38.3 Å². The SMILES string of the molecule is CCCC1CCN(C(=O)N2N=CCc3ncccc32)CC1. The van der Waals surface area contributed by atoms with Crippen molar-refractivity contribution in [2.24, 2.45) is 11.0 Å². The molecule has 0 bridgehead atoms. The van der Waals surface area contributed by atoms with Gasteiger partial charge in [0.1, 0.15) is 0 Å². The lowest BCUT2D eigenvalue weighted by Gasteiger charge is -2.35. The highest BCUT2D eigenvalue weighted by molar-refractivity contribution is 5.95. The molecule has 0 unspecified atom stereocenters. The lowest BCUT2D eigenvalue weighted by Crippen LogP contribution is -2.46. The molecule has 2 aliphatic heterocycles. The van der Waals surface area contributed by atoms with E-state index in [0.29, 0.717) is 6.42 Å². The van der Waals surface area contributed by atoms with E-state index in [4.69, 9.17) is 0 Å². The summed E-state index contributed by atoms with van der Waals surface area (Å²) in [4.78, 5) is 18.9. The molecular formula is C16H22N4O. The van der Waals surface area contributed by atoms with Crippen LogP contribution in [0.25, 0.3) is 0 Å². The molecule has 0 spiro atoms. The summed E-state index contributed by atoms with van der Waals surface area (Å²) in [6.07, 6.45) is 8.94. The monoisotopic (exact) mass is 286 g/mol. The molecule has 0 aromatic carbocycles. The summed E-state index contributed by atoms with van der Waals surface area (Å²) in [6, 6.07) is 3.75. The molecule has 1 aromatic heterocycles. The van der Waals surface area contributed by atoms with E-state index in [2.05, 4.69) is 17.0 Å². The van der Waals surface area contributed by atoms with Gasteiger partial charge in [0.15, 0.2) is 0 Å². The summed E-state index contributed by atoms with van der Waals surface area (Å²) < 4.78 is 0. The van der Waals surface area contributed by atoms with Crippen LogP contribution in [0, 0.1) is 5.92 Å². The maximum atomic E-state index is 12.7. The molecular weight excluding hydrogens is 264 g/mol. The molecule has 5 nitrogen and oxygen atoms in total. The highest BCUT2D eigenvalue weighted by Crippen LogP contribution is 2.26. The van der Waals surface area contributed by atoms with E-state index in [1.54, 1.807) is 12.4 Å². The zero-order valence-electron chi connectivity index (χ0n) is 12.5. The Labute approximate surface area is 125 Å². The Hall–Kier alpha value is -1.91. The zero-order valence-corrected chi connectivity index (χ0v) is 12.5. The number of hydrogen-bond acceptors (Lipinski definition) is 3. The van der Waals surface area contributed by atoms with Crippen molar-refractivity contribution in [3.63, 3.8) is 0 Å². The fraction of sp³-hybridized carbons (Fsp3) is 0.562. The smallest absolute Gasteiger partial charge is 0.323 e. The topological polar surface area (TPSA) is 48.8 Å². The average molecular weight is 286 g/mol. The molecule has 2 aliphatic rings. The summed E-state index contributed by atoms with van der Waals surface area (Å²) in [7, 11) is 0. The number of urea groups is 1. The second-order valence-electron chi connectivity index (χ2n) is 5.78. The molecule has 1 saturated heterocycles. The van der Waals surface area contributed by atoms with Gasteiger partial charge in [0.2, 0.25) is 0 Å². The van der Waals surface area contributed by atoms with E-state index in [1.165, 1.54) is 17.9 Å². The number of carbonyl (C=O) groups is 1. The molecule has 0 N–H and O–H groups in total. The van der Waals surface area contributed by atoms with E-state index >= 15 is 0 Å². The largest absolute Gasteiger partial charge is 0.345 e. The number of aromatic nitrogens is 1. The summed E-state index contributed by atoms with van der Waals surface area (Å²) >= 11 is 0. The van der Waals surface area contributed by atoms with Gasteiger partial charge in [0.05, 0.1) is 11.4 Å². The summed E-state index contributed by atoms with van der Waals surface area (Å²) in [6.45, 7) is 3.90. The van der Waals surface area contributed by atoms with Gasteiger partial charge in [-0.3, -0.25) is 4.98 Å². The molecule has 112 valence electrons. The first kappa shape index (κ1) is 14.0. The van der Waals surface area contributed by atoms with Crippen LogP contribution in [0.3, 0.4) is 0 Å². The Morgan fingerprint density at radius 3 is 2.95 bits per heavy atom. The molecule has 1 fully saturated rings. The van der Waals surface area contributed by atoms with Gasteiger partial charge in [-0.05, 0) is 30.9 Å². The molecule has 3 rings (SSSR count). The van der Waals surface area contributed by atoms with Crippen molar-refractivity contribution >= 4 is 17.9 Å². The number of amides is 2. The number of fused-ring (bicyclic) bond motifs is 1. The number of anilines is 1. The fourth-order valence-corrected chi connectivity index (χ4v) is 3.16. The van der Waals surface area contributed by atoms with Crippen LogP contribution in [0.5, 0.6) is 0 Å². The lowest BCUT2D eigenvalue weighted by atomic mass is 9.93. The molecule has 21 heavy (non-hydrogen) atoms.